The number of benzene rings is 1. The van der Waals surface area contributed by atoms with E-state index in [1.54, 1.807) is 11.8 Å². The fourth-order valence-electron chi connectivity index (χ4n) is 3.21. The number of hydrogen-bond acceptors (Lipinski definition) is 4. The number of carbonyl (C=O) groups excluding carboxylic acids is 1. The summed E-state index contributed by atoms with van der Waals surface area (Å²) in [5.41, 5.74) is 8.98. The highest BCUT2D eigenvalue weighted by molar-refractivity contribution is 8.00. The zero-order chi connectivity index (χ0) is 15.4. The zero-order valence-corrected chi connectivity index (χ0v) is 15.0. The van der Waals surface area contributed by atoms with E-state index in [1.165, 1.54) is 12.8 Å². The molecule has 128 valence electrons. The van der Waals surface area contributed by atoms with Crippen LogP contribution in [0.3, 0.4) is 0 Å². The highest BCUT2D eigenvalue weighted by atomic mass is 35.5. The standard InChI is InChI=1S/C17H24N2O2S.ClH/c18-15-7-3-8-16-14(15)6-4-9-19(16)17(20)12-22-11-13-5-1-2-10-21-13;/h3,7-8,13H,1-2,4-6,9-12,18H2;1H. The number of nitrogen functional groups attached to an aromatic ring is 1. The lowest BCUT2D eigenvalue weighted by Gasteiger charge is -2.30. The summed E-state index contributed by atoms with van der Waals surface area (Å²) in [5, 5.41) is 0. The molecule has 1 amide bonds. The molecule has 1 unspecified atom stereocenters. The Kier molecular flexibility index (Phi) is 7.06. The van der Waals surface area contributed by atoms with Gasteiger partial charge in [-0.25, -0.2) is 0 Å². The SMILES string of the molecule is Cl.Nc1cccc2c1CCCN2C(=O)CSCC1CCCCO1. The Hall–Kier alpha value is -0.910. The molecule has 1 aromatic rings. The molecular weight excluding hydrogens is 332 g/mol. The van der Waals surface area contributed by atoms with Crippen LogP contribution in [0.4, 0.5) is 11.4 Å². The van der Waals surface area contributed by atoms with Crippen LogP contribution in [-0.2, 0) is 16.0 Å². The predicted molar refractivity (Wildman–Crippen MR) is 99.7 cm³/mol. The van der Waals surface area contributed by atoms with Crippen molar-refractivity contribution in [3.05, 3.63) is 23.8 Å². The van der Waals surface area contributed by atoms with E-state index in [4.69, 9.17) is 10.5 Å². The summed E-state index contributed by atoms with van der Waals surface area (Å²) in [6.45, 7) is 1.67. The Bertz CT molecular complexity index is 535. The van der Waals surface area contributed by atoms with Crippen molar-refractivity contribution in [1.82, 2.24) is 0 Å². The Labute approximate surface area is 148 Å². The second-order valence-electron chi connectivity index (χ2n) is 6.00. The van der Waals surface area contributed by atoms with Crippen molar-refractivity contribution in [2.24, 2.45) is 0 Å². The topological polar surface area (TPSA) is 55.6 Å². The first kappa shape index (κ1) is 18.4. The maximum Gasteiger partial charge on any atom is 0.236 e. The summed E-state index contributed by atoms with van der Waals surface area (Å²) < 4.78 is 5.71. The molecule has 3 rings (SSSR count). The van der Waals surface area contributed by atoms with Gasteiger partial charge in [-0.2, -0.15) is 0 Å². The van der Waals surface area contributed by atoms with Gasteiger partial charge in [-0.1, -0.05) is 6.07 Å². The number of ether oxygens (including phenoxy) is 1. The molecule has 6 heteroatoms. The van der Waals surface area contributed by atoms with Gasteiger partial charge in [0, 0.05) is 30.3 Å². The molecule has 2 heterocycles. The third-order valence-electron chi connectivity index (χ3n) is 4.39. The summed E-state index contributed by atoms with van der Waals surface area (Å²) in [4.78, 5) is 14.4. The van der Waals surface area contributed by atoms with Gasteiger partial charge in [0.2, 0.25) is 5.91 Å². The van der Waals surface area contributed by atoms with Crippen LogP contribution < -0.4 is 10.6 Å². The maximum absolute atomic E-state index is 12.5. The van der Waals surface area contributed by atoms with E-state index in [0.717, 1.165) is 55.1 Å². The molecule has 0 spiro atoms. The summed E-state index contributed by atoms with van der Waals surface area (Å²) in [7, 11) is 0. The quantitative estimate of drug-likeness (QED) is 0.841. The molecule has 4 nitrogen and oxygen atoms in total. The molecule has 0 bridgehead atoms. The summed E-state index contributed by atoms with van der Waals surface area (Å²) in [5.74, 6) is 1.63. The minimum atomic E-state index is 0. The van der Waals surface area contributed by atoms with E-state index in [1.807, 2.05) is 23.1 Å². The normalized spacial score (nSPS) is 20.5. The van der Waals surface area contributed by atoms with Crippen LogP contribution in [-0.4, -0.2) is 36.7 Å². The lowest BCUT2D eigenvalue weighted by Crippen LogP contribution is -2.37. The van der Waals surface area contributed by atoms with Gasteiger partial charge in [0.05, 0.1) is 11.9 Å². The van der Waals surface area contributed by atoms with Crippen LogP contribution in [0.25, 0.3) is 0 Å². The average molecular weight is 357 g/mol. The van der Waals surface area contributed by atoms with E-state index in [9.17, 15) is 4.79 Å². The monoisotopic (exact) mass is 356 g/mol. The number of fused-ring (bicyclic) bond motifs is 1. The minimum absolute atomic E-state index is 0. The smallest absolute Gasteiger partial charge is 0.236 e. The fraction of sp³-hybridized carbons (Fsp3) is 0.588. The molecule has 2 aliphatic heterocycles. The number of hydrogen-bond donors (Lipinski definition) is 1. The molecule has 1 saturated heterocycles. The van der Waals surface area contributed by atoms with Crippen molar-refractivity contribution in [1.29, 1.82) is 0 Å². The molecule has 1 aromatic carbocycles. The van der Waals surface area contributed by atoms with Gasteiger partial charge in [-0.3, -0.25) is 4.79 Å². The van der Waals surface area contributed by atoms with Gasteiger partial charge < -0.3 is 15.4 Å². The third kappa shape index (κ3) is 4.55. The molecule has 2 aliphatic rings. The zero-order valence-electron chi connectivity index (χ0n) is 13.3. The van der Waals surface area contributed by atoms with Crippen LogP contribution in [0.15, 0.2) is 18.2 Å². The van der Waals surface area contributed by atoms with E-state index in [0.29, 0.717) is 11.9 Å². The van der Waals surface area contributed by atoms with Crippen molar-refractivity contribution >= 4 is 41.5 Å². The minimum Gasteiger partial charge on any atom is -0.398 e. The molecule has 23 heavy (non-hydrogen) atoms. The van der Waals surface area contributed by atoms with E-state index in [-0.39, 0.29) is 18.3 Å². The maximum atomic E-state index is 12.5. The lowest BCUT2D eigenvalue weighted by molar-refractivity contribution is -0.116. The number of thioether (sulfide) groups is 1. The number of anilines is 2. The first-order valence-electron chi connectivity index (χ1n) is 8.13. The second-order valence-corrected chi connectivity index (χ2v) is 7.03. The Balaban J connectivity index is 0.00000192. The van der Waals surface area contributed by atoms with Crippen molar-refractivity contribution < 1.29 is 9.53 Å². The van der Waals surface area contributed by atoms with Gasteiger partial charge >= 0.3 is 0 Å². The largest absolute Gasteiger partial charge is 0.398 e. The molecule has 1 atom stereocenters. The van der Waals surface area contributed by atoms with Crippen LogP contribution in [0.1, 0.15) is 31.2 Å². The van der Waals surface area contributed by atoms with E-state index < -0.39 is 0 Å². The number of nitrogens with two attached hydrogens (primary N) is 1. The van der Waals surface area contributed by atoms with Gasteiger partial charge in [-0.05, 0) is 49.8 Å². The number of nitrogens with zero attached hydrogens (tertiary/aromatic N) is 1. The molecule has 0 aliphatic carbocycles. The number of carbonyl (C=O) groups is 1. The first-order chi connectivity index (χ1) is 10.8. The summed E-state index contributed by atoms with van der Waals surface area (Å²) in [6.07, 6.45) is 5.84. The number of amides is 1. The summed E-state index contributed by atoms with van der Waals surface area (Å²) in [6, 6.07) is 5.86. The van der Waals surface area contributed by atoms with Crippen LogP contribution in [0.5, 0.6) is 0 Å². The molecule has 0 radical (unpaired) electrons. The Morgan fingerprint density at radius 3 is 3.00 bits per heavy atom. The highest BCUT2D eigenvalue weighted by Gasteiger charge is 2.24. The highest BCUT2D eigenvalue weighted by Crippen LogP contribution is 2.31. The van der Waals surface area contributed by atoms with Crippen LogP contribution in [0.2, 0.25) is 0 Å². The van der Waals surface area contributed by atoms with Crippen molar-refractivity contribution in [3.63, 3.8) is 0 Å². The van der Waals surface area contributed by atoms with Gasteiger partial charge in [0.15, 0.2) is 0 Å². The molecule has 0 saturated carbocycles. The van der Waals surface area contributed by atoms with Crippen molar-refractivity contribution in [3.8, 4) is 0 Å². The molecule has 1 fully saturated rings. The number of halogens is 1. The van der Waals surface area contributed by atoms with Gasteiger partial charge in [0.25, 0.3) is 0 Å². The van der Waals surface area contributed by atoms with Crippen LogP contribution >= 0.6 is 24.2 Å². The Morgan fingerprint density at radius 2 is 2.22 bits per heavy atom. The third-order valence-corrected chi connectivity index (χ3v) is 5.45. The first-order valence-corrected chi connectivity index (χ1v) is 9.28. The molecular formula is C17H25ClN2O2S. The second kappa shape index (κ2) is 8.81. The average Bonchev–Trinajstić information content (AvgIpc) is 2.56. The Morgan fingerprint density at radius 1 is 1.35 bits per heavy atom. The van der Waals surface area contributed by atoms with Crippen LogP contribution in [0, 0.1) is 0 Å². The molecule has 0 aromatic heterocycles. The predicted octanol–water partition coefficient (Wildman–Crippen LogP) is 3.27. The fourth-order valence-corrected chi connectivity index (χ4v) is 4.18. The lowest BCUT2D eigenvalue weighted by atomic mass is 10.00. The number of rotatable bonds is 4. The van der Waals surface area contributed by atoms with Gasteiger partial charge in [0.1, 0.15) is 0 Å². The van der Waals surface area contributed by atoms with E-state index in [2.05, 4.69) is 0 Å². The molecule has 2 N–H and O–H groups in total. The van der Waals surface area contributed by atoms with Crippen molar-refractivity contribution in [2.45, 2.75) is 38.2 Å². The van der Waals surface area contributed by atoms with Gasteiger partial charge in [-0.15, -0.1) is 24.2 Å². The van der Waals surface area contributed by atoms with E-state index >= 15 is 0 Å². The summed E-state index contributed by atoms with van der Waals surface area (Å²) >= 11 is 1.69. The van der Waals surface area contributed by atoms with Crippen molar-refractivity contribution in [2.75, 3.05) is 35.3 Å².